The van der Waals surface area contributed by atoms with Crippen LogP contribution < -0.4 is 4.90 Å². The van der Waals surface area contributed by atoms with Gasteiger partial charge in [-0.15, -0.1) is 0 Å². The summed E-state index contributed by atoms with van der Waals surface area (Å²) in [4.78, 5) is 27.6. The first-order valence-corrected chi connectivity index (χ1v) is 9.62. The first-order valence-electron chi connectivity index (χ1n) is 8.44. The smallest absolute Gasteiger partial charge is 0.264 e. The summed E-state index contributed by atoms with van der Waals surface area (Å²) < 4.78 is 0.743. The van der Waals surface area contributed by atoms with Gasteiger partial charge in [-0.2, -0.15) is 0 Å². The van der Waals surface area contributed by atoms with Crippen molar-refractivity contribution in [3.05, 3.63) is 63.1 Å². The molecule has 1 aliphatic rings. The summed E-state index contributed by atoms with van der Waals surface area (Å²) in [5.41, 5.74) is -0.377. The normalized spacial score (nSPS) is 20.2. The highest BCUT2D eigenvalue weighted by atomic mass is 79.9. The lowest BCUT2D eigenvalue weighted by Gasteiger charge is -2.28. The van der Waals surface area contributed by atoms with Gasteiger partial charge in [-0.05, 0) is 48.9 Å². The second kappa shape index (κ2) is 7.14. The van der Waals surface area contributed by atoms with Gasteiger partial charge in [0, 0.05) is 27.2 Å². The molecule has 2 aromatic carbocycles. The fraction of sp³-hybridized carbons (Fsp3) is 0.300. The molecule has 0 bridgehead atoms. The fourth-order valence-corrected chi connectivity index (χ4v) is 3.88. The Bertz CT molecular complexity index is 868. The lowest BCUT2D eigenvalue weighted by atomic mass is 9.79. The van der Waals surface area contributed by atoms with E-state index in [4.69, 9.17) is 11.6 Å². The number of nitrogens with zero attached hydrogens (tertiary/aromatic N) is 1. The zero-order valence-electron chi connectivity index (χ0n) is 14.5. The number of anilines is 1. The molecule has 1 N–H and O–H groups in total. The Morgan fingerprint density at radius 2 is 1.92 bits per heavy atom. The summed E-state index contributed by atoms with van der Waals surface area (Å²) >= 11 is 9.28. The van der Waals surface area contributed by atoms with Crippen LogP contribution in [0.15, 0.2) is 46.9 Å². The summed E-state index contributed by atoms with van der Waals surface area (Å²) in [6.45, 7) is 4.04. The van der Waals surface area contributed by atoms with Crippen molar-refractivity contribution in [2.45, 2.75) is 25.9 Å². The molecule has 136 valence electrons. The third kappa shape index (κ3) is 2.98. The molecule has 2 atom stereocenters. The molecule has 0 spiro atoms. The largest absolute Gasteiger partial charge is 0.375 e. The van der Waals surface area contributed by atoms with Gasteiger partial charge < -0.3 is 10.0 Å². The van der Waals surface area contributed by atoms with Crippen LogP contribution in [0.2, 0.25) is 5.02 Å². The summed E-state index contributed by atoms with van der Waals surface area (Å²) in [7, 11) is 0. The molecule has 0 radical (unpaired) electrons. The van der Waals surface area contributed by atoms with Crippen molar-refractivity contribution in [3.63, 3.8) is 0 Å². The van der Waals surface area contributed by atoms with Gasteiger partial charge in [0.25, 0.3) is 5.91 Å². The van der Waals surface area contributed by atoms with Crippen LogP contribution in [0.4, 0.5) is 5.69 Å². The van der Waals surface area contributed by atoms with Crippen molar-refractivity contribution in [1.29, 1.82) is 0 Å². The van der Waals surface area contributed by atoms with Crippen molar-refractivity contribution in [2.24, 2.45) is 5.92 Å². The van der Waals surface area contributed by atoms with Gasteiger partial charge in [-0.25, -0.2) is 0 Å². The van der Waals surface area contributed by atoms with E-state index in [0.29, 0.717) is 28.4 Å². The molecular formula is C20H19BrClNO3. The maximum atomic E-state index is 13.1. The Hall–Kier alpha value is -1.69. The molecule has 0 fully saturated rings. The molecule has 0 unspecified atom stereocenters. The number of ketones is 1. The van der Waals surface area contributed by atoms with E-state index in [1.54, 1.807) is 48.2 Å². The summed E-state index contributed by atoms with van der Waals surface area (Å²) in [6.07, 6.45) is 0.747. The molecule has 0 aliphatic carbocycles. The van der Waals surface area contributed by atoms with Crippen LogP contribution in [0.1, 0.15) is 36.2 Å². The maximum absolute atomic E-state index is 13.1. The number of carbonyl (C=O) groups is 2. The van der Waals surface area contributed by atoms with E-state index in [0.717, 1.165) is 10.9 Å². The minimum absolute atomic E-state index is 0.304. The number of hydrogen-bond acceptors (Lipinski definition) is 3. The minimum atomic E-state index is -1.90. The van der Waals surface area contributed by atoms with Gasteiger partial charge in [0.15, 0.2) is 11.4 Å². The number of fused-ring (bicyclic) bond motifs is 1. The van der Waals surface area contributed by atoms with Crippen LogP contribution in [-0.4, -0.2) is 23.3 Å². The van der Waals surface area contributed by atoms with Crippen LogP contribution in [-0.2, 0) is 10.4 Å². The number of rotatable bonds is 5. The van der Waals surface area contributed by atoms with Crippen molar-refractivity contribution in [1.82, 2.24) is 0 Å². The van der Waals surface area contributed by atoms with Crippen LogP contribution in [0, 0.1) is 5.92 Å². The highest BCUT2D eigenvalue weighted by molar-refractivity contribution is 9.10. The van der Waals surface area contributed by atoms with E-state index in [1.807, 2.05) is 13.0 Å². The highest BCUT2D eigenvalue weighted by Crippen LogP contribution is 2.46. The number of benzene rings is 2. The summed E-state index contributed by atoms with van der Waals surface area (Å²) in [6, 6.07) is 11.8. The lowest BCUT2D eigenvalue weighted by Crippen LogP contribution is -2.47. The monoisotopic (exact) mass is 435 g/mol. The first-order chi connectivity index (χ1) is 12.3. The highest BCUT2D eigenvalue weighted by Gasteiger charge is 2.55. The van der Waals surface area contributed by atoms with Crippen LogP contribution >= 0.6 is 27.5 Å². The Morgan fingerprint density at radius 1 is 1.27 bits per heavy atom. The average Bonchev–Trinajstić information content (AvgIpc) is 2.84. The quantitative estimate of drug-likeness (QED) is 0.699. The van der Waals surface area contributed by atoms with E-state index in [2.05, 4.69) is 15.9 Å². The lowest BCUT2D eigenvalue weighted by molar-refractivity contribution is -0.139. The number of aliphatic hydroxyl groups is 1. The molecule has 1 amide bonds. The van der Waals surface area contributed by atoms with E-state index < -0.39 is 17.4 Å². The Morgan fingerprint density at radius 3 is 2.54 bits per heavy atom. The predicted octanol–water partition coefficient (Wildman–Crippen LogP) is 4.57. The third-order valence-electron chi connectivity index (χ3n) is 4.83. The SMILES string of the molecule is CCCN1C(=O)[C@](O)([C@@H](C)C(=O)c2ccc(Cl)cc2)c2cc(Br)ccc21. The van der Waals surface area contributed by atoms with Crippen LogP contribution in [0.25, 0.3) is 0 Å². The molecule has 4 nitrogen and oxygen atoms in total. The Labute approximate surface area is 165 Å². The van der Waals surface area contributed by atoms with Gasteiger partial charge in [0.2, 0.25) is 0 Å². The molecule has 6 heteroatoms. The molecule has 0 saturated heterocycles. The van der Waals surface area contributed by atoms with Gasteiger partial charge in [-0.1, -0.05) is 41.4 Å². The van der Waals surface area contributed by atoms with E-state index in [9.17, 15) is 14.7 Å². The fourth-order valence-electron chi connectivity index (χ4n) is 3.40. The topological polar surface area (TPSA) is 57.6 Å². The minimum Gasteiger partial charge on any atom is -0.375 e. The van der Waals surface area contributed by atoms with Crippen molar-refractivity contribution in [2.75, 3.05) is 11.4 Å². The van der Waals surface area contributed by atoms with Crippen LogP contribution in [0.3, 0.4) is 0 Å². The second-order valence-electron chi connectivity index (χ2n) is 6.48. The molecule has 1 aliphatic heterocycles. The first kappa shape index (κ1) is 19.1. The second-order valence-corrected chi connectivity index (χ2v) is 7.83. The average molecular weight is 437 g/mol. The molecule has 0 saturated carbocycles. The zero-order valence-corrected chi connectivity index (χ0v) is 16.8. The maximum Gasteiger partial charge on any atom is 0.264 e. The third-order valence-corrected chi connectivity index (χ3v) is 5.57. The van der Waals surface area contributed by atoms with Crippen molar-refractivity contribution < 1.29 is 14.7 Å². The van der Waals surface area contributed by atoms with Crippen LogP contribution in [0.5, 0.6) is 0 Å². The van der Waals surface area contributed by atoms with Gasteiger partial charge >= 0.3 is 0 Å². The van der Waals surface area contributed by atoms with Crippen molar-refractivity contribution >= 4 is 44.9 Å². The summed E-state index contributed by atoms with van der Waals surface area (Å²) in [5.74, 6) is -1.70. The molecule has 3 rings (SSSR count). The predicted molar refractivity (Wildman–Crippen MR) is 106 cm³/mol. The van der Waals surface area contributed by atoms with E-state index >= 15 is 0 Å². The molecule has 1 heterocycles. The standard InChI is InChI=1S/C20H19BrClNO3/c1-3-10-23-17-9-6-14(21)11-16(17)20(26,19(23)25)12(2)18(24)13-4-7-15(22)8-5-13/h4-9,11-12,26H,3,10H2,1-2H3/t12-,20-/m0/s1. The van der Waals surface area contributed by atoms with E-state index in [1.165, 1.54) is 0 Å². The molecule has 2 aromatic rings. The Balaban J connectivity index is 2.07. The summed E-state index contributed by atoms with van der Waals surface area (Å²) in [5, 5.41) is 12.0. The molecular weight excluding hydrogens is 418 g/mol. The van der Waals surface area contributed by atoms with Gasteiger partial charge in [0.05, 0.1) is 11.6 Å². The van der Waals surface area contributed by atoms with E-state index in [-0.39, 0.29) is 5.78 Å². The van der Waals surface area contributed by atoms with Crippen molar-refractivity contribution in [3.8, 4) is 0 Å². The zero-order chi connectivity index (χ0) is 19.1. The number of carbonyl (C=O) groups excluding carboxylic acids is 2. The Kier molecular flexibility index (Phi) is 5.24. The number of hydrogen-bond donors (Lipinski definition) is 1. The van der Waals surface area contributed by atoms with Gasteiger partial charge in [0.1, 0.15) is 0 Å². The number of halogens is 2. The van der Waals surface area contributed by atoms with Gasteiger partial charge in [-0.3, -0.25) is 9.59 Å². The molecule has 0 aromatic heterocycles. The molecule has 26 heavy (non-hydrogen) atoms. The number of Topliss-reactive ketones (excluding diaryl/α,β-unsaturated/α-hetero) is 1. The number of amides is 1.